The molecule has 0 bridgehead atoms. The van der Waals surface area contributed by atoms with Crippen molar-refractivity contribution >= 4 is 50.8 Å². The van der Waals surface area contributed by atoms with Crippen LogP contribution in [0.1, 0.15) is 18.4 Å². The zero-order valence-electron chi connectivity index (χ0n) is 8.15. The van der Waals surface area contributed by atoms with Crippen molar-refractivity contribution in [3.63, 3.8) is 0 Å². The van der Waals surface area contributed by atoms with E-state index in [1.807, 2.05) is 24.3 Å². The monoisotopic (exact) mass is 300 g/mol. The Morgan fingerprint density at radius 3 is 2.07 bits per heavy atom. The zero-order valence-corrected chi connectivity index (χ0v) is 12.2. The first kappa shape index (κ1) is 13.7. The number of rotatable bonds is 5. The molecule has 1 aromatic rings. The highest BCUT2D eigenvalue weighted by atomic mass is 35.8. The molecule has 0 fully saturated rings. The Hall–Kier alpha value is 0.597. The average Bonchev–Trinajstić information content (AvgIpc) is 2.14. The molecular weight excluding hydrogens is 290 g/mol. The van der Waals surface area contributed by atoms with Gasteiger partial charge < -0.3 is 0 Å². The lowest BCUT2D eigenvalue weighted by atomic mass is 10.1. The molecule has 0 saturated heterocycles. The van der Waals surface area contributed by atoms with Crippen LogP contribution in [0.4, 0.5) is 0 Å². The maximum absolute atomic E-state index is 5.79. The van der Waals surface area contributed by atoms with Gasteiger partial charge in [0.15, 0.2) is 0 Å². The van der Waals surface area contributed by atoms with Crippen LogP contribution in [0.15, 0.2) is 24.3 Å². The van der Waals surface area contributed by atoms with E-state index in [0.29, 0.717) is 0 Å². The number of aryl methyl sites for hydroxylation is 1. The van der Waals surface area contributed by atoms with Crippen LogP contribution in [0.3, 0.4) is 0 Å². The molecule has 1 aromatic carbocycles. The van der Waals surface area contributed by atoms with Gasteiger partial charge in [-0.15, -0.1) is 33.2 Å². The number of benzene rings is 1. The largest absolute Gasteiger partial charge is 0.341 e. The lowest BCUT2D eigenvalue weighted by Gasteiger charge is -2.06. The molecule has 0 N–H and O–H groups in total. The second kappa shape index (κ2) is 6.36. The summed E-state index contributed by atoms with van der Waals surface area (Å²) in [6.07, 6.45) is 3.06. The first-order chi connectivity index (χ1) is 6.97. The van der Waals surface area contributed by atoms with Gasteiger partial charge in [0.2, 0.25) is 0 Å². The van der Waals surface area contributed by atoms with Crippen LogP contribution in [0.25, 0.3) is 0 Å². The molecule has 1 rings (SSSR count). The maximum Gasteiger partial charge on any atom is 0.341 e. The van der Waals surface area contributed by atoms with Gasteiger partial charge >= 0.3 is 6.00 Å². The fourth-order valence-corrected chi connectivity index (χ4v) is 3.29. The molecule has 0 nitrogen and oxygen atoms in total. The van der Waals surface area contributed by atoms with E-state index < -0.39 is 6.00 Å². The third kappa shape index (κ3) is 6.70. The Morgan fingerprint density at radius 2 is 1.53 bits per heavy atom. The van der Waals surface area contributed by atoms with E-state index >= 15 is 0 Å². The summed E-state index contributed by atoms with van der Waals surface area (Å²) in [5.74, 6) is 0. The van der Waals surface area contributed by atoms with E-state index in [2.05, 4.69) is 0 Å². The summed E-state index contributed by atoms with van der Waals surface area (Å²) in [4.78, 5) is 0. The first-order valence-corrected chi connectivity index (χ1v) is 10.4. The van der Waals surface area contributed by atoms with E-state index in [9.17, 15) is 0 Å². The lowest BCUT2D eigenvalue weighted by molar-refractivity contribution is 0.791. The fraction of sp³-hybridized carbons (Fsp3) is 0.400. The highest BCUT2D eigenvalue weighted by Crippen LogP contribution is 2.27. The molecule has 5 heteroatoms. The van der Waals surface area contributed by atoms with Crippen molar-refractivity contribution in [2.75, 3.05) is 0 Å². The van der Waals surface area contributed by atoms with Crippen molar-refractivity contribution in [2.24, 2.45) is 0 Å². The quantitative estimate of drug-likeness (QED) is 0.392. The van der Waals surface area contributed by atoms with Crippen molar-refractivity contribution in [3.05, 3.63) is 34.9 Å². The van der Waals surface area contributed by atoms with Gasteiger partial charge in [-0.1, -0.05) is 30.2 Å². The second-order valence-corrected chi connectivity index (χ2v) is 13.2. The predicted molar refractivity (Wildman–Crippen MR) is 72.5 cm³/mol. The molecule has 0 spiro atoms. The van der Waals surface area contributed by atoms with Crippen molar-refractivity contribution in [1.82, 2.24) is 0 Å². The van der Waals surface area contributed by atoms with Crippen LogP contribution in [0.2, 0.25) is 11.1 Å². The van der Waals surface area contributed by atoms with Crippen LogP contribution in [0, 0.1) is 0 Å². The summed E-state index contributed by atoms with van der Waals surface area (Å²) in [7, 11) is 0. The number of unbranched alkanes of at least 4 members (excludes halogenated alkanes) is 1. The Bertz CT molecular complexity index is 291. The molecule has 0 heterocycles. The van der Waals surface area contributed by atoms with E-state index in [0.717, 1.165) is 30.3 Å². The lowest BCUT2D eigenvalue weighted by Crippen LogP contribution is -2.07. The average molecular weight is 302 g/mol. The molecule has 0 amide bonds. The van der Waals surface area contributed by atoms with Gasteiger partial charge in [0.1, 0.15) is 0 Å². The van der Waals surface area contributed by atoms with Crippen molar-refractivity contribution in [2.45, 2.75) is 25.3 Å². The van der Waals surface area contributed by atoms with Gasteiger partial charge in [-0.2, -0.15) is 0 Å². The molecule has 15 heavy (non-hydrogen) atoms. The van der Waals surface area contributed by atoms with E-state index in [4.69, 9.17) is 44.8 Å². The molecule has 0 aliphatic carbocycles. The minimum Gasteiger partial charge on any atom is -0.126 e. The van der Waals surface area contributed by atoms with Gasteiger partial charge in [0, 0.05) is 5.02 Å². The maximum atomic E-state index is 5.79. The van der Waals surface area contributed by atoms with Gasteiger partial charge in [-0.25, -0.2) is 0 Å². The number of hydrogen-bond acceptors (Lipinski definition) is 0. The Labute approximate surface area is 111 Å². The number of halogens is 4. The minimum atomic E-state index is -2.41. The van der Waals surface area contributed by atoms with E-state index in [1.165, 1.54) is 5.56 Å². The number of hydrogen-bond donors (Lipinski definition) is 0. The minimum absolute atomic E-state index is 0.741. The Balaban J connectivity index is 2.23. The molecular formula is C10H12Cl4Si. The van der Waals surface area contributed by atoms with Crippen molar-refractivity contribution in [3.8, 4) is 0 Å². The zero-order chi connectivity index (χ0) is 11.3. The van der Waals surface area contributed by atoms with Crippen LogP contribution >= 0.6 is 44.8 Å². The van der Waals surface area contributed by atoms with Gasteiger partial charge in [-0.3, -0.25) is 0 Å². The van der Waals surface area contributed by atoms with Crippen molar-refractivity contribution < 1.29 is 0 Å². The molecule has 0 aromatic heterocycles. The SMILES string of the molecule is Clc1ccc(CCCC[Si](Cl)(Cl)Cl)cc1. The van der Waals surface area contributed by atoms with Gasteiger partial charge in [0.05, 0.1) is 0 Å². The summed E-state index contributed by atoms with van der Waals surface area (Å²) < 4.78 is 0. The summed E-state index contributed by atoms with van der Waals surface area (Å²) in [5.41, 5.74) is 1.28. The standard InChI is InChI=1S/C10H12Cl4Si/c11-10-6-4-9(5-7-10)3-1-2-8-15(12,13)14/h4-7H,1-3,8H2. The highest BCUT2D eigenvalue weighted by molar-refractivity contribution is 7.64. The van der Waals surface area contributed by atoms with Crippen LogP contribution in [0.5, 0.6) is 0 Å². The Kier molecular flexibility index (Phi) is 5.79. The summed E-state index contributed by atoms with van der Waals surface area (Å²) in [6.45, 7) is 0. The molecule has 0 saturated carbocycles. The molecule has 84 valence electrons. The predicted octanol–water partition coefficient (Wildman–Crippen LogP) is 5.32. The topological polar surface area (TPSA) is 0 Å². The molecule has 0 unspecified atom stereocenters. The smallest absolute Gasteiger partial charge is 0.126 e. The third-order valence-electron chi connectivity index (χ3n) is 2.09. The molecule has 0 aliphatic heterocycles. The molecule has 0 atom stereocenters. The summed E-state index contributed by atoms with van der Waals surface area (Å²) >= 11 is 23.2. The summed E-state index contributed by atoms with van der Waals surface area (Å²) in [5, 5.41) is 0.771. The van der Waals surface area contributed by atoms with Gasteiger partial charge in [0.25, 0.3) is 0 Å². The van der Waals surface area contributed by atoms with E-state index in [-0.39, 0.29) is 0 Å². The van der Waals surface area contributed by atoms with Crippen LogP contribution < -0.4 is 0 Å². The molecule has 0 aliphatic rings. The van der Waals surface area contributed by atoms with Crippen molar-refractivity contribution in [1.29, 1.82) is 0 Å². The highest BCUT2D eigenvalue weighted by Gasteiger charge is 2.23. The van der Waals surface area contributed by atoms with Gasteiger partial charge in [-0.05, 0) is 36.6 Å². The second-order valence-electron chi connectivity index (χ2n) is 3.45. The van der Waals surface area contributed by atoms with Crippen LogP contribution in [-0.2, 0) is 6.42 Å². The summed E-state index contributed by atoms with van der Waals surface area (Å²) in [6, 6.07) is 6.21. The fourth-order valence-electron chi connectivity index (χ4n) is 1.31. The third-order valence-corrected chi connectivity index (χ3v) is 4.96. The van der Waals surface area contributed by atoms with E-state index in [1.54, 1.807) is 0 Å². The molecule has 0 radical (unpaired) electrons. The normalized spacial score (nSPS) is 11.7. The van der Waals surface area contributed by atoms with Crippen LogP contribution in [-0.4, -0.2) is 6.00 Å². The first-order valence-electron chi connectivity index (χ1n) is 4.78. The Morgan fingerprint density at radius 1 is 0.933 bits per heavy atom.